The predicted octanol–water partition coefficient (Wildman–Crippen LogP) is 5.28. The second-order valence-corrected chi connectivity index (χ2v) is 8.20. The zero-order valence-corrected chi connectivity index (χ0v) is 17.2. The molecule has 0 bridgehead atoms. The van der Waals surface area contributed by atoms with E-state index in [1.165, 1.54) is 0 Å². The van der Waals surface area contributed by atoms with E-state index in [9.17, 15) is 87.8 Å². The predicted molar refractivity (Wildman–Crippen MR) is 87.6 cm³/mol. The summed E-state index contributed by atoms with van der Waals surface area (Å²) in [5, 5.41) is 0. The van der Waals surface area contributed by atoms with E-state index in [2.05, 4.69) is 4.18 Å². The molecule has 38 heavy (non-hydrogen) atoms. The Bertz CT molecular complexity index is 1120. The molecule has 1 rings (SSSR count). The molecule has 0 fully saturated rings. The molecule has 0 radical (unpaired) electrons. The molecule has 0 aliphatic heterocycles. The number of alkyl halides is 17. The average molecular weight is 628 g/mol. The molecule has 216 valence electrons. The Hall–Kier alpha value is -1.55. The van der Waals surface area contributed by atoms with Gasteiger partial charge in [-0.15, -0.1) is 0 Å². The number of carbonyl (C=O) groups is 1. The van der Waals surface area contributed by atoms with E-state index < -0.39 is 68.6 Å². The van der Waals surface area contributed by atoms with Crippen LogP contribution >= 0.6 is 0 Å². The van der Waals surface area contributed by atoms with Gasteiger partial charge in [-0.1, -0.05) is 18.2 Å². The van der Waals surface area contributed by atoms with Gasteiger partial charge >= 0.3 is 93.3 Å². The van der Waals surface area contributed by atoms with Crippen LogP contribution in [-0.2, 0) is 19.1 Å². The summed E-state index contributed by atoms with van der Waals surface area (Å²) in [5.41, 5.74) is 0. The molecule has 0 N–H and O–H groups in total. The Morgan fingerprint density at radius 2 is 0.868 bits per heavy atom. The molecule has 0 saturated heterocycles. The van der Waals surface area contributed by atoms with Crippen molar-refractivity contribution in [1.82, 2.24) is 0 Å². The number of halogens is 17. The summed E-state index contributed by atoms with van der Waals surface area (Å²) in [6, 6.07) is 3.34. The van der Waals surface area contributed by atoms with Crippen molar-refractivity contribution < 1.29 is 92.0 Å². The maximum absolute atomic E-state index is 13.7. The Kier molecular flexibility index (Phi) is 9.72. The van der Waals surface area contributed by atoms with E-state index in [-0.39, 0.29) is 29.6 Å². The first-order chi connectivity index (χ1) is 16.0. The van der Waals surface area contributed by atoms with Crippen molar-refractivity contribution in [2.75, 3.05) is 0 Å². The second-order valence-electron chi connectivity index (χ2n) is 6.66. The second kappa shape index (κ2) is 10.1. The first-order valence-corrected chi connectivity index (χ1v) is 9.64. The molecule has 0 amide bonds. The first kappa shape index (κ1) is 36.5. The summed E-state index contributed by atoms with van der Waals surface area (Å²) in [4.78, 5) is 9.85. The van der Waals surface area contributed by atoms with Gasteiger partial charge in [0.1, 0.15) is 4.90 Å². The van der Waals surface area contributed by atoms with Crippen molar-refractivity contribution in [3.05, 3.63) is 30.3 Å². The third kappa shape index (κ3) is 5.16. The summed E-state index contributed by atoms with van der Waals surface area (Å²) < 4.78 is 249. The van der Waals surface area contributed by atoms with Crippen LogP contribution in [0.3, 0.4) is 0 Å². The van der Waals surface area contributed by atoms with Crippen molar-refractivity contribution in [3.8, 4) is 0 Å². The van der Waals surface area contributed by atoms with E-state index in [0.29, 0.717) is 12.1 Å². The quantitative estimate of drug-likeness (QED) is 0.212. The molecule has 0 atom stereocenters. The molecule has 4 nitrogen and oxygen atoms in total. The van der Waals surface area contributed by atoms with E-state index in [4.69, 9.17) is 0 Å². The van der Waals surface area contributed by atoms with Gasteiger partial charge in [0.05, 0.1) is 0 Å². The van der Waals surface area contributed by atoms with Crippen LogP contribution in [0.5, 0.6) is 0 Å². The summed E-state index contributed by atoms with van der Waals surface area (Å²) in [6.07, 6.45) is -7.91. The Labute approximate surface area is 220 Å². The molecule has 0 spiro atoms. The van der Waals surface area contributed by atoms with E-state index in [1.807, 2.05) is 0 Å². The van der Waals surface area contributed by atoms with Crippen LogP contribution in [0.1, 0.15) is 0 Å². The summed E-state index contributed by atoms with van der Waals surface area (Å²) in [6.45, 7) is 0. The van der Waals surface area contributed by atoms with E-state index >= 15 is 0 Å². The maximum atomic E-state index is 13.7. The number of carbonyl (C=O) groups excluding carboxylic acids is 1. The fraction of sp³-hybridized carbons (Fsp3) is 0.533. The van der Waals surface area contributed by atoms with Crippen molar-refractivity contribution in [3.63, 3.8) is 0 Å². The van der Waals surface area contributed by atoms with Gasteiger partial charge in [-0.2, -0.15) is 83.1 Å². The average Bonchev–Trinajstić information content (AvgIpc) is 2.72. The van der Waals surface area contributed by atoms with Gasteiger partial charge in [-0.05, 0) is 12.1 Å². The monoisotopic (exact) mass is 628 g/mol. The number of hydrogen-bond acceptors (Lipinski definition) is 4. The topological polar surface area (TPSA) is 60.4 Å². The minimum atomic E-state index is -8.91. The fourth-order valence-corrected chi connectivity index (χ4v) is 2.97. The van der Waals surface area contributed by atoms with Crippen LogP contribution in [0.15, 0.2) is 35.2 Å². The summed E-state index contributed by atoms with van der Waals surface area (Å²) in [5.74, 6) is -64.1. The third-order valence-corrected chi connectivity index (χ3v) is 5.42. The van der Waals surface area contributed by atoms with E-state index in [0.717, 1.165) is 18.2 Å². The summed E-state index contributed by atoms with van der Waals surface area (Å²) in [7, 11) is -5.96. The Morgan fingerprint density at radius 1 is 0.553 bits per heavy atom. The third-order valence-electron chi connectivity index (χ3n) is 4.20. The minimum absolute atomic E-state index is 0. The number of benzene rings is 1. The van der Waals surface area contributed by atoms with Gasteiger partial charge in [-0.3, -0.25) is 0 Å². The van der Waals surface area contributed by atoms with Crippen LogP contribution in [0.25, 0.3) is 0 Å². The van der Waals surface area contributed by atoms with Gasteiger partial charge in [0.25, 0.3) is 0 Å². The van der Waals surface area contributed by atoms with Gasteiger partial charge in [-0.25, -0.2) is 4.79 Å². The Balaban J connectivity index is 0.0000137. The molecular formula is C15H6F17NaO4S. The molecule has 0 aliphatic carbocycles. The Morgan fingerprint density at radius 3 is 1.21 bits per heavy atom. The zero-order chi connectivity index (χ0) is 29.9. The van der Waals surface area contributed by atoms with Crippen molar-refractivity contribution in [1.29, 1.82) is 0 Å². The van der Waals surface area contributed by atoms with Gasteiger partial charge < -0.3 is 4.18 Å². The first-order valence-electron chi connectivity index (χ1n) is 8.24. The van der Waals surface area contributed by atoms with Crippen LogP contribution in [0.4, 0.5) is 74.6 Å². The molecule has 1 aromatic carbocycles. The van der Waals surface area contributed by atoms with Crippen molar-refractivity contribution in [2.24, 2.45) is 0 Å². The molecule has 1 aromatic rings. The standard InChI is InChI=1S/C15H5F17O4S.Na.H/c16-8(17,7(33)36-37(34,35)6-4-2-1-3-5-6)9(18,19)10(20,21)11(22,23)12(24,25)13(26,27)14(28,29)15(30,31)32;;/h1-5H;;. The fourth-order valence-electron chi connectivity index (χ4n) is 2.08. The van der Waals surface area contributed by atoms with Crippen LogP contribution in [0.2, 0.25) is 0 Å². The van der Waals surface area contributed by atoms with Gasteiger partial charge in [0.15, 0.2) is 0 Å². The molecule has 23 heteroatoms. The number of hydrogen-bond donors (Lipinski definition) is 0. The normalized spacial score (nSPS) is 15.1. The van der Waals surface area contributed by atoms with E-state index in [1.54, 1.807) is 0 Å². The van der Waals surface area contributed by atoms with Gasteiger partial charge in [0.2, 0.25) is 0 Å². The van der Waals surface area contributed by atoms with Crippen LogP contribution < -0.4 is 0 Å². The van der Waals surface area contributed by atoms with Crippen molar-refractivity contribution in [2.45, 2.75) is 52.5 Å². The molecular weight excluding hydrogens is 622 g/mol. The van der Waals surface area contributed by atoms with Crippen molar-refractivity contribution >= 4 is 45.6 Å². The number of rotatable bonds is 9. The van der Waals surface area contributed by atoms with Crippen LogP contribution in [0, 0.1) is 0 Å². The molecule has 0 aromatic heterocycles. The molecule has 0 heterocycles. The summed E-state index contributed by atoms with van der Waals surface area (Å²) >= 11 is 0. The van der Waals surface area contributed by atoms with Gasteiger partial charge in [0, 0.05) is 0 Å². The molecule has 0 unspecified atom stereocenters. The zero-order valence-electron chi connectivity index (χ0n) is 16.4. The SMILES string of the molecule is O=C(OS(=O)(=O)c1ccccc1)C(F)(F)C(F)(F)C(F)(F)C(F)(F)C(F)(F)C(F)(F)C(F)(F)C(F)(F)F.[NaH]. The van der Waals surface area contributed by atoms with Crippen LogP contribution in [-0.4, -0.2) is 91.6 Å². The molecule has 0 saturated carbocycles. The molecule has 0 aliphatic rings.